The maximum atomic E-state index is 10.9. The largest absolute Gasteiger partial charge is 0.481 e. The SMILES string of the molecule is CC[C@H](C(=O)O)[C@@H]1CCCC[C@H]1N. The number of rotatable bonds is 3. The molecule has 0 aromatic carbocycles. The third kappa shape index (κ3) is 2.44. The fraction of sp³-hybridized carbons (Fsp3) is 0.900. The summed E-state index contributed by atoms with van der Waals surface area (Å²) in [5.41, 5.74) is 5.93. The monoisotopic (exact) mass is 185 g/mol. The van der Waals surface area contributed by atoms with Crippen molar-refractivity contribution in [1.29, 1.82) is 0 Å². The summed E-state index contributed by atoms with van der Waals surface area (Å²) in [5, 5.41) is 8.99. The Morgan fingerprint density at radius 2 is 2.15 bits per heavy atom. The Labute approximate surface area is 79.3 Å². The van der Waals surface area contributed by atoms with Gasteiger partial charge in [-0.1, -0.05) is 19.8 Å². The Morgan fingerprint density at radius 1 is 1.54 bits per heavy atom. The van der Waals surface area contributed by atoms with E-state index in [2.05, 4.69) is 0 Å². The molecular formula is C10H19NO2. The van der Waals surface area contributed by atoms with E-state index in [1.165, 1.54) is 0 Å². The van der Waals surface area contributed by atoms with Crippen LogP contribution >= 0.6 is 0 Å². The van der Waals surface area contributed by atoms with E-state index < -0.39 is 5.97 Å². The number of nitrogens with two attached hydrogens (primary N) is 1. The molecule has 76 valence electrons. The van der Waals surface area contributed by atoms with E-state index >= 15 is 0 Å². The Hall–Kier alpha value is -0.570. The number of carboxylic acids is 1. The summed E-state index contributed by atoms with van der Waals surface area (Å²) < 4.78 is 0. The molecule has 1 rings (SSSR count). The van der Waals surface area contributed by atoms with Gasteiger partial charge in [0.05, 0.1) is 5.92 Å². The molecule has 0 saturated heterocycles. The summed E-state index contributed by atoms with van der Waals surface area (Å²) in [4.78, 5) is 10.9. The Kier molecular flexibility index (Phi) is 3.72. The Morgan fingerprint density at radius 3 is 2.62 bits per heavy atom. The predicted molar refractivity (Wildman–Crippen MR) is 51.4 cm³/mol. The van der Waals surface area contributed by atoms with E-state index in [1.54, 1.807) is 0 Å². The molecule has 1 saturated carbocycles. The van der Waals surface area contributed by atoms with Crippen LogP contribution in [0.2, 0.25) is 0 Å². The second-order valence-electron chi connectivity index (χ2n) is 3.97. The summed E-state index contributed by atoms with van der Waals surface area (Å²) in [6.07, 6.45) is 4.99. The highest BCUT2D eigenvalue weighted by Gasteiger charge is 2.32. The lowest BCUT2D eigenvalue weighted by atomic mass is 9.76. The van der Waals surface area contributed by atoms with Crippen LogP contribution in [0.1, 0.15) is 39.0 Å². The van der Waals surface area contributed by atoms with Crippen molar-refractivity contribution < 1.29 is 9.90 Å². The van der Waals surface area contributed by atoms with Crippen LogP contribution in [0, 0.1) is 11.8 Å². The van der Waals surface area contributed by atoms with Gasteiger partial charge in [0, 0.05) is 6.04 Å². The van der Waals surface area contributed by atoms with Crippen LogP contribution in [-0.2, 0) is 4.79 Å². The highest BCUT2D eigenvalue weighted by atomic mass is 16.4. The average molecular weight is 185 g/mol. The molecule has 0 aliphatic heterocycles. The molecule has 13 heavy (non-hydrogen) atoms. The minimum absolute atomic E-state index is 0.106. The first-order valence-corrected chi connectivity index (χ1v) is 5.15. The zero-order valence-electron chi connectivity index (χ0n) is 8.20. The minimum Gasteiger partial charge on any atom is -0.481 e. The lowest BCUT2D eigenvalue weighted by molar-refractivity contribution is -0.144. The third-order valence-electron chi connectivity index (χ3n) is 3.15. The van der Waals surface area contributed by atoms with Gasteiger partial charge in [-0.2, -0.15) is 0 Å². The van der Waals surface area contributed by atoms with Crippen LogP contribution in [0.15, 0.2) is 0 Å². The van der Waals surface area contributed by atoms with E-state index in [4.69, 9.17) is 10.8 Å². The van der Waals surface area contributed by atoms with Crippen LogP contribution in [0.3, 0.4) is 0 Å². The first-order chi connectivity index (χ1) is 6.16. The van der Waals surface area contributed by atoms with Crippen LogP contribution in [0.5, 0.6) is 0 Å². The third-order valence-corrected chi connectivity index (χ3v) is 3.15. The van der Waals surface area contributed by atoms with Gasteiger partial charge in [0.2, 0.25) is 0 Å². The van der Waals surface area contributed by atoms with E-state index in [0.717, 1.165) is 25.7 Å². The Balaban J connectivity index is 2.60. The van der Waals surface area contributed by atoms with Crippen molar-refractivity contribution in [2.75, 3.05) is 0 Å². The van der Waals surface area contributed by atoms with Crippen molar-refractivity contribution in [3.8, 4) is 0 Å². The minimum atomic E-state index is -0.676. The van der Waals surface area contributed by atoms with Gasteiger partial charge in [0.25, 0.3) is 0 Å². The lowest BCUT2D eigenvalue weighted by Gasteiger charge is -2.32. The lowest BCUT2D eigenvalue weighted by Crippen LogP contribution is -2.40. The standard InChI is InChI=1S/C10H19NO2/c1-2-7(10(12)13)8-5-3-4-6-9(8)11/h7-9H,2-6,11H2,1H3,(H,12,13)/t7-,8-,9+/m0/s1. The number of carboxylic acid groups (broad SMARTS) is 1. The van der Waals surface area contributed by atoms with Gasteiger partial charge in [-0.15, -0.1) is 0 Å². The van der Waals surface area contributed by atoms with E-state index in [-0.39, 0.29) is 17.9 Å². The molecule has 1 fully saturated rings. The van der Waals surface area contributed by atoms with Crippen molar-refractivity contribution in [2.24, 2.45) is 17.6 Å². The van der Waals surface area contributed by atoms with Crippen molar-refractivity contribution in [3.63, 3.8) is 0 Å². The highest BCUT2D eigenvalue weighted by Crippen LogP contribution is 2.31. The van der Waals surface area contributed by atoms with Gasteiger partial charge in [0.1, 0.15) is 0 Å². The molecule has 0 spiro atoms. The molecule has 1 aliphatic carbocycles. The fourth-order valence-corrected chi connectivity index (χ4v) is 2.35. The van der Waals surface area contributed by atoms with Gasteiger partial charge in [-0.3, -0.25) is 4.79 Å². The van der Waals surface area contributed by atoms with Crippen molar-refractivity contribution in [3.05, 3.63) is 0 Å². The van der Waals surface area contributed by atoms with Crippen LogP contribution in [0.4, 0.5) is 0 Å². The summed E-state index contributed by atoms with van der Waals surface area (Å²) in [7, 11) is 0. The molecule has 3 atom stereocenters. The van der Waals surface area contributed by atoms with E-state index in [1.807, 2.05) is 6.92 Å². The highest BCUT2D eigenvalue weighted by molar-refractivity contribution is 5.70. The van der Waals surface area contributed by atoms with Crippen molar-refractivity contribution in [1.82, 2.24) is 0 Å². The summed E-state index contributed by atoms with van der Waals surface area (Å²) in [6, 6.07) is 0.106. The van der Waals surface area contributed by atoms with Gasteiger partial charge >= 0.3 is 5.97 Å². The number of hydrogen-bond donors (Lipinski definition) is 2. The quantitative estimate of drug-likeness (QED) is 0.702. The van der Waals surface area contributed by atoms with Gasteiger partial charge in [0.15, 0.2) is 0 Å². The number of carbonyl (C=O) groups is 1. The van der Waals surface area contributed by atoms with Crippen molar-refractivity contribution >= 4 is 5.97 Å². The normalized spacial score (nSPS) is 31.2. The molecule has 3 N–H and O–H groups in total. The zero-order chi connectivity index (χ0) is 9.84. The Bertz CT molecular complexity index is 182. The smallest absolute Gasteiger partial charge is 0.306 e. The van der Waals surface area contributed by atoms with Crippen molar-refractivity contribution in [2.45, 2.75) is 45.1 Å². The van der Waals surface area contributed by atoms with E-state index in [9.17, 15) is 4.79 Å². The molecule has 0 unspecified atom stereocenters. The van der Waals surface area contributed by atoms with Crippen LogP contribution in [0.25, 0.3) is 0 Å². The molecule has 1 aliphatic rings. The predicted octanol–water partition coefficient (Wildman–Crippen LogP) is 1.61. The van der Waals surface area contributed by atoms with Crippen LogP contribution in [-0.4, -0.2) is 17.1 Å². The number of aliphatic carboxylic acids is 1. The second-order valence-corrected chi connectivity index (χ2v) is 3.97. The molecule has 0 aromatic rings. The summed E-state index contributed by atoms with van der Waals surface area (Å²) in [5.74, 6) is -0.698. The summed E-state index contributed by atoms with van der Waals surface area (Å²) in [6.45, 7) is 1.93. The molecule has 0 bridgehead atoms. The topological polar surface area (TPSA) is 63.3 Å². The van der Waals surface area contributed by atoms with Crippen LogP contribution < -0.4 is 5.73 Å². The average Bonchev–Trinajstić information content (AvgIpc) is 2.09. The maximum absolute atomic E-state index is 10.9. The molecule has 0 radical (unpaired) electrons. The first-order valence-electron chi connectivity index (χ1n) is 5.15. The van der Waals surface area contributed by atoms with Gasteiger partial charge in [-0.05, 0) is 25.2 Å². The molecule has 0 amide bonds. The summed E-state index contributed by atoms with van der Waals surface area (Å²) >= 11 is 0. The fourth-order valence-electron chi connectivity index (χ4n) is 2.35. The number of hydrogen-bond acceptors (Lipinski definition) is 2. The molecular weight excluding hydrogens is 166 g/mol. The second kappa shape index (κ2) is 4.61. The molecule has 3 nitrogen and oxygen atoms in total. The molecule has 0 heterocycles. The van der Waals surface area contributed by atoms with Gasteiger partial charge in [-0.25, -0.2) is 0 Å². The zero-order valence-corrected chi connectivity index (χ0v) is 8.20. The molecule has 0 aromatic heterocycles. The molecule has 3 heteroatoms. The van der Waals surface area contributed by atoms with E-state index in [0.29, 0.717) is 6.42 Å². The maximum Gasteiger partial charge on any atom is 0.306 e. The van der Waals surface area contributed by atoms with Gasteiger partial charge < -0.3 is 10.8 Å². The first kappa shape index (κ1) is 10.5.